The molecule has 10 heteroatoms. The largest absolute Gasteiger partial charge is 0.478 e. The number of anilines is 2. The van der Waals surface area contributed by atoms with Crippen LogP contribution in [0.3, 0.4) is 0 Å². The first-order chi connectivity index (χ1) is 13.3. The second kappa shape index (κ2) is 8.04. The summed E-state index contributed by atoms with van der Waals surface area (Å²) >= 11 is 11.8. The van der Waals surface area contributed by atoms with Crippen LogP contribution in [0.4, 0.5) is 17.1 Å². The van der Waals surface area contributed by atoms with Crippen molar-refractivity contribution in [3.05, 3.63) is 56.6 Å². The number of fused-ring (bicyclic) bond motifs is 1. The fourth-order valence-electron chi connectivity index (χ4n) is 2.77. The molecular formula is C18H15Cl2N3O5. The van der Waals surface area contributed by atoms with Gasteiger partial charge in [-0.25, -0.2) is 0 Å². The summed E-state index contributed by atoms with van der Waals surface area (Å²) in [4.78, 5) is 36.9. The van der Waals surface area contributed by atoms with E-state index in [0.717, 1.165) is 0 Å². The van der Waals surface area contributed by atoms with Gasteiger partial charge in [-0.1, -0.05) is 30.1 Å². The number of carbonyl (C=O) groups excluding carboxylic acids is 2. The Hall–Kier alpha value is -2.84. The molecule has 1 aliphatic heterocycles. The monoisotopic (exact) mass is 423 g/mol. The minimum Gasteiger partial charge on any atom is -0.478 e. The van der Waals surface area contributed by atoms with E-state index in [1.54, 1.807) is 13.0 Å². The highest BCUT2D eigenvalue weighted by molar-refractivity contribution is 6.42. The fraction of sp³-hybridized carbons (Fsp3) is 0.222. The molecule has 0 spiro atoms. The Labute approximate surface area is 170 Å². The smallest absolute Gasteiger partial charge is 0.271 e. The van der Waals surface area contributed by atoms with Crippen LogP contribution in [0.5, 0.6) is 5.75 Å². The number of ether oxygens (including phenoxy) is 1. The molecular weight excluding hydrogens is 409 g/mol. The normalized spacial score (nSPS) is 15.6. The molecule has 0 radical (unpaired) electrons. The molecule has 1 unspecified atom stereocenters. The van der Waals surface area contributed by atoms with Gasteiger partial charge in [-0.15, -0.1) is 0 Å². The molecule has 0 fully saturated rings. The summed E-state index contributed by atoms with van der Waals surface area (Å²) < 4.78 is 5.61. The Morgan fingerprint density at radius 1 is 1.25 bits per heavy atom. The minimum atomic E-state index is -0.772. The standard InChI is InChI=1S/C18H15Cl2N3O5/c1-2-15-18(25)22(14-8-11(23(26)27)4-6-16(14)28-15)9-17(24)21-10-3-5-12(19)13(20)7-10/h3-8,15H,2,9H2,1H3,(H,21,24). The average molecular weight is 424 g/mol. The molecule has 28 heavy (non-hydrogen) atoms. The molecule has 0 bridgehead atoms. The number of carbonyl (C=O) groups is 2. The van der Waals surface area contributed by atoms with Gasteiger partial charge >= 0.3 is 0 Å². The molecule has 1 atom stereocenters. The summed E-state index contributed by atoms with van der Waals surface area (Å²) in [6.45, 7) is 1.43. The highest BCUT2D eigenvalue weighted by atomic mass is 35.5. The van der Waals surface area contributed by atoms with Gasteiger partial charge in [-0.3, -0.25) is 24.6 Å². The molecule has 1 N–H and O–H groups in total. The highest BCUT2D eigenvalue weighted by Gasteiger charge is 2.35. The topological polar surface area (TPSA) is 102 Å². The predicted octanol–water partition coefficient (Wildman–Crippen LogP) is 4.04. The number of hydrogen-bond acceptors (Lipinski definition) is 5. The first kappa shape index (κ1) is 19.9. The summed E-state index contributed by atoms with van der Waals surface area (Å²) in [5.41, 5.74) is 0.375. The van der Waals surface area contributed by atoms with Crippen LogP contribution in [0.2, 0.25) is 10.0 Å². The lowest BCUT2D eigenvalue weighted by atomic mass is 10.1. The number of halogens is 2. The number of nitrogens with one attached hydrogen (secondary N) is 1. The summed E-state index contributed by atoms with van der Waals surface area (Å²) in [7, 11) is 0. The Morgan fingerprint density at radius 2 is 2.00 bits per heavy atom. The van der Waals surface area contributed by atoms with Crippen LogP contribution in [-0.2, 0) is 9.59 Å². The Kier molecular flexibility index (Phi) is 5.71. The molecule has 0 saturated carbocycles. The van der Waals surface area contributed by atoms with Crippen LogP contribution in [0.1, 0.15) is 13.3 Å². The maximum absolute atomic E-state index is 12.7. The fourth-order valence-corrected chi connectivity index (χ4v) is 3.06. The van der Waals surface area contributed by atoms with Crippen LogP contribution in [0, 0.1) is 10.1 Å². The van der Waals surface area contributed by atoms with E-state index in [-0.39, 0.29) is 22.9 Å². The first-order valence-electron chi connectivity index (χ1n) is 8.31. The van der Waals surface area contributed by atoms with Gasteiger partial charge < -0.3 is 10.1 Å². The second-order valence-electron chi connectivity index (χ2n) is 6.03. The predicted molar refractivity (Wildman–Crippen MR) is 105 cm³/mol. The number of nitro benzene ring substituents is 1. The number of amides is 2. The molecule has 2 aromatic carbocycles. The van der Waals surface area contributed by atoms with Crippen molar-refractivity contribution in [3.8, 4) is 5.75 Å². The minimum absolute atomic E-state index is 0.174. The van der Waals surface area contributed by atoms with Crippen LogP contribution >= 0.6 is 23.2 Å². The van der Waals surface area contributed by atoms with Crippen molar-refractivity contribution < 1.29 is 19.2 Å². The van der Waals surface area contributed by atoms with Crippen molar-refractivity contribution in [1.82, 2.24) is 0 Å². The molecule has 8 nitrogen and oxygen atoms in total. The molecule has 1 heterocycles. The van der Waals surface area contributed by atoms with E-state index >= 15 is 0 Å². The Morgan fingerprint density at radius 3 is 2.64 bits per heavy atom. The zero-order chi connectivity index (χ0) is 20.4. The zero-order valence-electron chi connectivity index (χ0n) is 14.6. The van der Waals surface area contributed by atoms with Crippen molar-refractivity contribution in [2.24, 2.45) is 0 Å². The first-order valence-corrected chi connectivity index (χ1v) is 9.07. The molecule has 2 aromatic rings. The summed E-state index contributed by atoms with van der Waals surface area (Å²) in [6.07, 6.45) is -0.382. The Balaban J connectivity index is 1.87. The lowest BCUT2D eigenvalue weighted by molar-refractivity contribution is -0.384. The molecule has 0 aliphatic carbocycles. The molecule has 0 saturated heterocycles. The summed E-state index contributed by atoms with van der Waals surface area (Å²) in [6, 6.07) is 8.51. The quantitative estimate of drug-likeness (QED) is 0.577. The molecule has 2 amide bonds. The molecule has 3 rings (SSSR count). The van der Waals surface area contributed by atoms with Gasteiger partial charge in [0.1, 0.15) is 12.3 Å². The summed E-state index contributed by atoms with van der Waals surface area (Å²) in [5.74, 6) is -0.639. The van der Waals surface area contributed by atoms with Gasteiger partial charge in [-0.2, -0.15) is 0 Å². The number of rotatable bonds is 5. The third-order valence-electron chi connectivity index (χ3n) is 4.13. The van der Waals surface area contributed by atoms with E-state index in [1.165, 1.54) is 35.2 Å². The lowest BCUT2D eigenvalue weighted by Crippen LogP contribution is -2.48. The van der Waals surface area contributed by atoms with E-state index in [4.69, 9.17) is 27.9 Å². The molecule has 146 valence electrons. The molecule has 1 aliphatic rings. The van der Waals surface area contributed by atoms with Gasteiger partial charge in [0.25, 0.3) is 11.6 Å². The van der Waals surface area contributed by atoms with Crippen molar-refractivity contribution in [2.75, 3.05) is 16.8 Å². The maximum Gasteiger partial charge on any atom is 0.271 e. The van der Waals surface area contributed by atoms with Crippen LogP contribution in [-0.4, -0.2) is 29.4 Å². The van der Waals surface area contributed by atoms with Gasteiger partial charge in [0.05, 0.1) is 20.7 Å². The number of non-ortho nitro benzene ring substituents is 1. The number of hydrogen-bond donors (Lipinski definition) is 1. The van der Waals surface area contributed by atoms with Gasteiger partial charge in [0.15, 0.2) is 6.10 Å². The van der Waals surface area contributed by atoms with Gasteiger partial charge in [0.2, 0.25) is 5.91 Å². The zero-order valence-corrected chi connectivity index (χ0v) is 16.2. The maximum atomic E-state index is 12.7. The van der Waals surface area contributed by atoms with Gasteiger partial charge in [0, 0.05) is 17.8 Å². The highest BCUT2D eigenvalue weighted by Crippen LogP contribution is 2.37. The third-order valence-corrected chi connectivity index (χ3v) is 4.87. The number of nitrogens with zero attached hydrogens (tertiary/aromatic N) is 2. The number of benzene rings is 2. The SMILES string of the molecule is CCC1Oc2ccc([N+](=O)[O-])cc2N(CC(=O)Nc2ccc(Cl)c(Cl)c2)C1=O. The van der Waals surface area contributed by atoms with Gasteiger partial charge in [-0.05, 0) is 30.7 Å². The van der Waals surface area contributed by atoms with Crippen LogP contribution < -0.4 is 15.0 Å². The second-order valence-corrected chi connectivity index (χ2v) is 6.84. The average Bonchev–Trinajstić information content (AvgIpc) is 2.66. The van der Waals surface area contributed by atoms with Crippen LogP contribution in [0.15, 0.2) is 36.4 Å². The molecule has 0 aromatic heterocycles. The van der Waals surface area contributed by atoms with E-state index in [0.29, 0.717) is 22.9 Å². The van der Waals surface area contributed by atoms with Crippen molar-refractivity contribution >= 4 is 52.1 Å². The van der Waals surface area contributed by atoms with Crippen molar-refractivity contribution in [2.45, 2.75) is 19.4 Å². The van der Waals surface area contributed by atoms with E-state index in [9.17, 15) is 19.7 Å². The van der Waals surface area contributed by atoms with E-state index < -0.39 is 22.8 Å². The van der Waals surface area contributed by atoms with E-state index in [1.807, 2.05) is 0 Å². The summed E-state index contributed by atoms with van der Waals surface area (Å²) in [5, 5.41) is 14.3. The third kappa shape index (κ3) is 4.02. The van der Waals surface area contributed by atoms with Crippen molar-refractivity contribution in [1.29, 1.82) is 0 Å². The van der Waals surface area contributed by atoms with E-state index in [2.05, 4.69) is 5.32 Å². The lowest BCUT2D eigenvalue weighted by Gasteiger charge is -2.33. The van der Waals surface area contributed by atoms with Crippen molar-refractivity contribution in [3.63, 3.8) is 0 Å². The van der Waals surface area contributed by atoms with Crippen LogP contribution in [0.25, 0.3) is 0 Å². The Bertz CT molecular complexity index is 966. The number of nitro groups is 1.